The molecule has 516 valence electrons. The lowest BCUT2D eigenvalue weighted by atomic mass is 10.0. The van der Waals surface area contributed by atoms with E-state index in [9.17, 15) is 19.6 Å². The van der Waals surface area contributed by atoms with Crippen molar-refractivity contribution in [1.82, 2.24) is 55.8 Å². The van der Waals surface area contributed by atoms with E-state index in [1.807, 2.05) is 77.9 Å². The third kappa shape index (κ3) is 21.9. The number of ether oxygens (including phenoxy) is 4. The first-order valence-electron chi connectivity index (χ1n) is 31.8. The molecule has 4 aliphatic heterocycles. The fourth-order valence-electron chi connectivity index (χ4n) is 10.9. The van der Waals surface area contributed by atoms with Gasteiger partial charge < -0.3 is 65.5 Å². The maximum atomic E-state index is 12.7. The maximum Gasteiger partial charge on any atom is 0.407 e. The highest BCUT2D eigenvalue weighted by Crippen LogP contribution is 2.28. The van der Waals surface area contributed by atoms with Gasteiger partial charge in [0.05, 0.1) is 46.1 Å². The molecule has 99 heavy (non-hydrogen) atoms. The number of carbonyl (C=O) groups is 3. The summed E-state index contributed by atoms with van der Waals surface area (Å²) < 4.78 is 20.7. The average Bonchev–Trinajstić information content (AvgIpc) is 0.858. The third-order valence-electron chi connectivity index (χ3n) is 15.8. The number of nitrogens with two attached hydrogens (primary N) is 1. The van der Waals surface area contributed by atoms with Crippen LogP contribution in [-0.2, 0) is 4.74 Å². The van der Waals surface area contributed by atoms with Gasteiger partial charge in [0.25, 0.3) is 11.8 Å². The number of nitriles is 4. The van der Waals surface area contributed by atoms with Crippen LogP contribution in [0.15, 0.2) is 97.6 Å². The molecular formula is C68H76Cl3N21O7. The Morgan fingerprint density at radius 3 is 1.16 bits per heavy atom. The molecule has 4 saturated heterocycles. The number of nitrogens with zero attached hydrogens (tertiary/aromatic N) is 16. The molecule has 0 bridgehead atoms. The molecule has 3 amide bonds. The zero-order chi connectivity index (χ0) is 71.0. The molecule has 0 saturated carbocycles. The van der Waals surface area contributed by atoms with Crippen molar-refractivity contribution in [1.29, 1.82) is 21.0 Å². The van der Waals surface area contributed by atoms with Gasteiger partial charge >= 0.3 is 6.09 Å². The van der Waals surface area contributed by atoms with Crippen molar-refractivity contribution in [3.05, 3.63) is 147 Å². The van der Waals surface area contributed by atoms with Gasteiger partial charge in [-0.25, -0.2) is 44.7 Å². The van der Waals surface area contributed by atoms with Crippen molar-refractivity contribution in [3.63, 3.8) is 0 Å². The molecule has 28 nitrogen and oxygen atoms in total. The zero-order valence-electron chi connectivity index (χ0n) is 55.6. The number of hydrogen-bond donors (Lipinski definition) is 5. The Morgan fingerprint density at radius 1 is 0.485 bits per heavy atom. The normalized spacial score (nSPS) is 17.2. The summed E-state index contributed by atoms with van der Waals surface area (Å²) in [6, 6.07) is 29.2. The van der Waals surface area contributed by atoms with Crippen LogP contribution in [0.1, 0.15) is 116 Å². The second-order valence-electron chi connectivity index (χ2n) is 24.1. The predicted octanol–water partition coefficient (Wildman–Crippen LogP) is 9.34. The topological polar surface area (TPSA) is 374 Å². The number of anilines is 6. The summed E-state index contributed by atoms with van der Waals surface area (Å²) in [6.45, 7) is 11.3. The summed E-state index contributed by atoms with van der Waals surface area (Å²) in [5.41, 5.74) is 7.88. The summed E-state index contributed by atoms with van der Waals surface area (Å²) in [7, 11) is 4.79. The fraction of sp³-hybridized carbons (Fsp3) is 0.397. The van der Waals surface area contributed by atoms with Gasteiger partial charge in [0, 0.05) is 93.3 Å². The van der Waals surface area contributed by atoms with E-state index in [0.29, 0.717) is 71.3 Å². The molecule has 11 rings (SSSR count). The number of aromatic nitrogens is 8. The molecule has 0 spiro atoms. The molecule has 4 fully saturated rings. The number of hydrogen-bond acceptors (Lipinski definition) is 25. The van der Waals surface area contributed by atoms with E-state index in [1.165, 1.54) is 12.4 Å². The predicted molar refractivity (Wildman–Crippen MR) is 374 cm³/mol. The van der Waals surface area contributed by atoms with Crippen LogP contribution >= 0.6 is 34.8 Å². The molecule has 0 radical (unpaired) electrons. The van der Waals surface area contributed by atoms with E-state index in [0.717, 1.165) is 95.5 Å². The molecule has 8 heterocycles. The van der Waals surface area contributed by atoms with E-state index in [2.05, 4.69) is 72.1 Å². The quantitative estimate of drug-likeness (QED) is 0.0676. The van der Waals surface area contributed by atoms with E-state index in [4.69, 9.17) is 75.3 Å². The second kappa shape index (κ2) is 36.1. The summed E-state index contributed by atoms with van der Waals surface area (Å²) in [5, 5.41) is 48.5. The van der Waals surface area contributed by atoms with Gasteiger partial charge in [-0.2, -0.15) is 21.0 Å². The van der Waals surface area contributed by atoms with Crippen molar-refractivity contribution in [2.75, 3.05) is 98.6 Å². The first kappa shape index (κ1) is 74.2. The van der Waals surface area contributed by atoms with Crippen LogP contribution in [0.3, 0.4) is 0 Å². The summed E-state index contributed by atoms with van der Waals surface area (Å²) >= 11 is 17.7. The van der Waals surface area contributed by atoms with Gasteiger partial charge in [-0.05, 0) is 145 Å². The Hall–Kier alpha value is -10.6. The van der Waals surface area contributed by atoms with Crippen molar-refractivity contribution in [2.24, 2.45) is 5.73 Å². The van der Waals surface area contributed by atoms with E-state index in [-0.39, 0.29) is 74.2 Å². The molecule has 31 heteroatoms. The molecule has 4 aromatic heterocycles. The number of rotatable bonds is 14. The number of methoxy groups -OCH3 is 3. The molecule has 3 aromatic carbocycles. The average molecular weight is 1410 g/mol. The van der Waals surface area contributed by atoms with Gasteiger partial charge in [-0.1, -0.05) is 34.8 Å². The highest BCUT2D eigenvalue weighted by atomic mass is 35.5. The minimum Gasteiger partial charge on any atom is -0.497 e. The fourth-order valence-corrected chi connectivity index (χ4v) is 11.4. The lowest BCUT2D eigenvalue weighted by molar-refractivity contribution is 0.0499. The Morgan fingerprint density at radius 2 is 0.818 bits per heavy atom. The van der Waals surface area contributed by atoms with Crippen molar-refractivity contribution in [3.8, 4) is 41.5 Å². The van der Waals surface area contributed by atoms with Crippen LogP contribution in [-0.4, -0.2) is 161 Å². The number of halogens is 3. The third-order valence-corrected chi connectivity index (χ3v) is 16.6. The van der Waals surface area contributed by atoms with Crippen LogP contribution in [0.4, 0.5) is 39.6 Å². The first-order valence-corrected chi connectivity index (χ1v) is 32.9. The van der Waals surface area contributed by atoms with Gasteiger partial charge in [0.15, 0.2) is 44.1 Å². The standard InChI is InChI=1S/C25H26N6O3.C18H18ClN5O2.C15H20ClN5O2.C10H12ClN5/c1-33-20-9-5-17(6-10-20)25(32)29-19-4-3-13-31(16-19)23-15-27-22(14-26)24(30-23)28-18-7-11-21(34-2)12-8-18;1-26-14-6-4-12(5-7-14)18(25)22-13-3-2-8-24(11-13)16-10-21-15(9-20)17(19)23-16;1-15(2,3)23-14(22)19-10-5-4-6-21(9-10)12-8-18-11(7-17)13(16)20-12;11-10-8(4-12)14-5-9(15-10)16-3-1-2-7(13)6-16/h5-12,15,19H,3-4,13,16H2,1-2H3,(H,28,30)(H,29,32);4-7,10,13H,2-3,8,11H2,1H3,(H,22,25);8,10H,4-6,9H2,1-3H3,(H,19,22);5,7H,1-3,6,13H2/t19-;13-;10-;7-/m1111/s1. The van der Waals surface area contributed by atoms with Crippen LogP contribution in [0.25, 0.3) is 0 Å². The van der Waals surface area contributed by atoms with Gasteiger partial charge in [-0.15, -0.1) is 0 Å². The number of nitrogens with one attached hydrogen (secondary N) is 4. The van der Waals surface area contributed by atoms with Gasteiger partial charge in [-0.3, -0.25) is 9.59 Å². The Balaban J connectivity index is 0.000000174. The number of piperidine rings is 4. The highest BCUT2D eigenvalue weighted by molar-refractivity contribution is 6.31. The number of alkyl carbamates (subject to hydrolysis) is 1. The molecule has 0 unspecified atom stereocenters. The Labute approximate surface area is 589 Å². The minimum absolute atomic E-state index is 0.00503. The maximum absolute atomic E-state index is 12.7. The number of benzene rings is 3. The summed E-state index contributed by atoms with van der Waals surface area (Å²) in [4.78, 5) is 78.7. The van der Waals surface area contributed by atoms with Crippen LogP contribution in [0.2, 0.25) is 15.5 Å². The Kier molecular flexibility index (Phi) is 27.1. The van der Waals surface area contributed by atoms with Crippen molar-refractivity contribution in [2.45, 2.75) is 102 Å². The first-order chi connectivity index (χ1) is 47.7. The van der Waals surface area contributed by atoms with Crippen molar-refractivity contribution >= 4 is 87.5 Å². The Bertz CT molecular complexity index is 4070. The molecule has 7 aromatic rings. The molecule has 4 aliphatic rings. The number of carbonyl (C=O) groups excluding carboxylic acids is 3. The van der Waals surface area contributed by atoms with Crippen LogP contribution in [0.5, 0.6) is 17.2 Å². The minimum atomic E-state index is -0.523. The van der Waals surface area contributed by atoms with Crippen LogP contribution in [0, 0.1) is 45.3 Å². The zero-order valence-corrected chi connectivity index (χ0v) is 57.9. The lowest BCUT2D eigenvalue weighted by Gasteiger charge is -2.34. The lowest BCUT2D eigenvalue weighted by Crippen LogP contribution is -2.49. The van der Waals surface area contributed by atoms with E-state index in [1.54, 1.807) is 82.3 Å². The highest BCUT2D eigenvalue weighted by Gasteiger charge is 2.29. The van der Waals surface area contributed by atoms with Crippen molar-refractivity contribution < 1.29 is 33.3 Å². The van der Waals surface area contributed by atoms with Gasteiger partial charge in [0.1, 0.15) is 70.4 Å². The summed E-state index contributed by atoms with van der Waals surface area (Å²) in [5.74, 6) is 4.85. The SMILES string of the molecule is CC(C)(C)OC(=O)N[C@@H]1CCCN(c2cnc(C#N)c(Cl)n2)C1.COc1ccc(C(=O)N[C@@H]2CCCN(c3cnc(C#N)c(Cl)n3)C2)cc1.COc1ccc(Nc2nc(N3CCC[C@@H](NC(=O)c4ccc(OC)cc4)C3)cnc2C#N)cc1.N#Cc1ncc(N2CCC[C@@H](N)C2)nc1Cl. The molecule has 0 aliphatic carbocycles. The second-order valence-corrected chi connectivity index (χ2v) is 25.2. The monoisotopic (exact) mass is 1400 g/mol. The number of amides is 3. The van der Waals surface area contributed by atoms with E-state index >= 15 is 0 Å². The van der Waals surface area contributed by atoms with Gasteiger partial charge in [0.2, 0.25) is 0 Å². The largest absolute Gasteiger partial charge is 0.497 e. The van der Waals surface area contributed by atoms with Crippen LogP contribution < -0.4 is 60.8 Å². The summed E-state index contributed by atoms with van der Waals surface area (Å²) in [6.07, 6.45) is 13.2. The molecule has 4 atom stereocenters. The molecular weight excluding hydrogens is 1330 g/mol. The molecule has 6 N–H and O–H groups in total. The van der Waals surface area contributed by atoms with E-state index < -0.39 is 11.7 Å². The smallest absolute Gasteiger partial charge is 0.407 e.